The van der Waals surface area contributed by atoms with Gasteiger partial charge < -0.3 is 9.30 Å². The van der Waals surface area contributed by atoms with Gasteiger partial charge in [0.1, 0.15) is 0 Å². The van der Waals surface area contributed by atoms with Crippen LogP contribution in [0.25, 0.3) is 10.2 Å². The molecule has 0 amide bonds. The minimum absolute atomic E-state index is 0.0669. The number of methoxy groups -OCH3 is 1. The van der Waals surface area contributed by atoms with Crippen molar-refractivity contribution in [3.8, 4) is 0 Å². The van der Waals surface area contributed by atoms with Gasteiger partial charge in [0.2, 0.25) is 4.80 Å². The smallest absolute Gasteiger partial charge is 0.337 e. The van der Waals surface area contributed by atoms with E-state index in [0.717, 1.165) is 10.2 Å². The normalized spacial score (nSPS) is 12.5. The fourth-order valence-corrected chi connectivity index (χ4v) is 4.92. The average Bonchev–Trinajstić information content (AvgIpc) is 2.96. The van der Waals surface area contributed by atoms with E-state index in [-0.39, 0.29) is 4.90 Å². The number of benzene rings is 2. The molecule has 1 aromatic heterocycles. The van der Waals surface area contributed by atoms with Gasteiger partial charge in [0.05, 0.1) is 27.8 Å². The lowest BCUT2D eigenvalue weighted by Gasteiger charge is -2.02. The number of rotatable bonds is 4. The van der Waals surface area contributed by atoms with Crippen molar-refractivity contribution in [3.63, 3.8) is 0 Å². The maximum atomic E-state index is 12.6. The molecule has 0 aliphatic heterocycles. The minimum Gasteiger partial charge on any atom is -0.465 e. The van der Waals surface area contributed by atoms with Crippen LogP contribution in [-0.2, 0) is 21.3 Å². The SMILES string of the molecule is CCn1c(=NS(=O)(=O)c2ccc(Cl)cc2)sc2cc(C(=O)OC)ccc21. The lowest BCUT2D eigenvalue weighted by molar-refractivity contribution is 0.0601. The second kappa shape index (κ2) is 7.22. The predicted octanol–water partition coefficient (Wildman–Crippen LogP) is 3.45. The first kappa shape index (κ1) is 18.6. The Morgan fingerprint density at radius 2 is 1.92 bits per heavy atom. The molecule has 0 atom stereocenters. The van der Waals surface area contributed by atoms with E-state index in [1.807, 2.05) is 6.92 Å². The highest BCUT2D eigenvalue weighted by Gasteiger charge is 2.15. The van der Waals surface area contributed by atoms with Gasteiger partial charge in [-0.25, -0.2) is 4.79 Å². The monoisotopic (exact) mass is 410 g/mol. The molecule has 0 saturated heterocycles. The van der Waals surface area contributed by atoms with Crippen molar-refractivity contribution in [3.05, 3.63) is 57.9 Å². The standard InChI is InChI=1S/C17H15ClN2O4S2/c1-3-20-14-9-4-11(16(21)24-2)10-15(14)25-17(20)19-26(22,23)13-7-5-12(18)6-8-13/h4-10H,3H2,1-2H3. The number of thiazole rings is 1. The third-order valence-corrected chi connectivity index (χ3v) is 6.42. The molecule has 0 aliphatic carbocycles. The molecule has 26 heavy (non-hydrogen) atoms. The van der Waals surface area contributed by atoms with Gasteiger partial charge in [-0.05, 0) is 49.4 Å². The summed E-state index contributed by atoms with van der Waals surface area (Å²) in [6.07, 6.45) is 0. The first-order chi connectivity index (χ1) is 12.4. The summed E-state index contributed by atoms with van der Waals surface area (Å²) < 4.78 is 36.4. The van der Waals surface area contributed by atoms with E-state index in [2.05, 4.69) is 4.40 Å². The molecule has 0 unspecified atom stereocenters. The molecule has 0 bridgehead atoms. The quantitative estimate of drug-likeness (QED) is 0.617. The van der Waals surface area contributed by atoms with Crippen molar-refractivity contribution >= 4 is 49.1 Å². The van der Waals surface area contributed by atoms with Crippen LogP contribution in [0.4, 0.5) is 0 Å². The molecule has 6 nitrogen and oxygen atoms in total. The summed E-state index contributed by atoms with van der Waals surface area (Å²) in [5.41, 5.74) is 1.20. The summed E-state index contributed by atoms with van der Waals surface area (Å²) in [4.78, 5) is 12.1. The minimum atomic E-state index is -3.88. The number of hydrogen-bond donors (Lipinski definition) is 0. The number of nitrogens with zero attached hydrogens (tertiary/aromatic N) is 2. The molecule has 0 N–H and O–H groups in total. The van der Waals surface area contributed by atoms with E-state index < -0.39 is 16.0 Å². The Morgan fingerprint density at radius 3 is 2.54 bits per heavy atom. The third kappa shape index (κ3) is 3.53. The molecule has 0 saturated carbocycles. The highest BCUT2D eigenvalue weighted by Crippen LogP contribution is 2.21. The van der Waals surface area contributed by atoms with Gasteiger partial charge in [-0.15, -0.1) is 4.40 Å². The number of sulfonamides is 1. The predicted molar refractivity (Wildman–Crippen MR) is 101 cm³/mol. The third-order valence-electron chi connectivity index (χ3n) is 3.73. The Hall–Kier alpha value is -2.16. The molecule has 2 aromatic carbocycles. The maximum Gasteiger partial charge on any atom is 0.337 e. The fraction of sp³-hybridized carbons (Fsp3) is 0.176. The van der Waals surface area contributed by atoms with Crippen molar-refractivity contribution in [1.82, 2.24) is 4.57 Å². The summed E-state index contributed by atoms with van der Waals surface area (Å²) >= 11 is 7.01. The van der Waals surface area contributed by atoms with Crippen LogP contribution in [0.2, 0.25) is 5.02 Å². The summed E-state index contributed by atoms with van der Waals surface area (Å²) in [7, 11) is -2.57. The van der Waals surface area contributed by atoms with Crippen LogP contribution in [-0.4, -0.2) is 26.1 Å². The van der Waals surface area contributed by atoms with Crippen LogP contribution in [0.5, 0.6) is 0 Å². The van der Waals surface area contributed by atoms with Gasteiger partial charge in [-0.1, -0.05) is 22.9 Å². The van der Waals surface area contributed by atoms with Gasteiger partial charge in [-0.2, -0.15) is 8.42 Å². The number of ether oxygens (including phenoxy) is 1. The molecular weight excluding hydrogens is 396 g/mol. The summed E-state index contributed by atoms with van der Waals surface area (Å²) in [5, 5.41) is 0.449. The number of carbonyl (C=O) groups excluding carboxylic acids is 1. The number of halogens is 1. The molecular formula is C17H15ClN2O4S2. The van der Waals surface area contributed by atoms with E-state index >= 15 is 0 Å². The van der Waals surface area contributed by atoms with Gasteiger partial charge >= 0.3 is 5.97 Å². The first-order valence-electron chi connectivity index (χ1n) is 7.64. The number of hydrogen-bond acceptors (Lipinski definition) is 5. The topological polar surface area (TPSA) is 77.7 Å². The van der Waals surface area contributed by atoms with E-state index in [4.69, 9.17) is 16.3 Å². The molecule has 3 aromatic rings. The van der Waals surface area contributed by atoms with E-state index in [9.17, 15) is 13.2 Å². The highest BCUT2D eigenvalue weighted by atomic mass is 35.5. The van der Waals surface area contributed by atoms with E-state index in [0.29, 0.717) is 21.9 Å². The Kier molecular flexibility index (Phi) is 5.17. The Labute approximate surface area is 159 Å². The zero-order valence-corrected chi connectivity index (χ0v) is 16.4. The summed E-state index contributed by atoms with van der Waals surface area (Å²) in [6, 6.07) is 10.9. The number of aryl methyl sites for hydroxylation is 1. The molecule has 1 heterocycles. The maximum absolute atomic E-state index is 12.6. The lowest BCUT2D eigenvalue weighted by atomic mass is 10.2. The Morgan fingerprint density at radius 1 is 1.23 bits per heavy atom. The largest absolute Gasteiger partial charge is 0.465 e. The fourth-order valence-electron chi connectivity index (χ4n) is 2.46. The van der Waals surface area contributed by atoms with Crippen LogP contribution in [0, 0.1) is 0 Å². The van der Waals surface area contributed by atoms with Crippen LogP contribution < -0.4 is 4.80 Å². The second-order valence-electron chi connectivity index (χ2n) is 5.32. The number of fused-ring (bicyclic) bond motifs is 1. The Bertz CT molecular complexity index is 1150. The molecule has 0 spiro atoms. The summed E-state index contributed by atoms with van der Waals surface area (Å²) in [5.74, 6) is -0.448. The molecule has 0 fully saturated rings. The average molecular weight is 411 g/mol. The molecule has 0 radical (unpaired) electrons. The molecule has 9 heteroatoms. The zero-order valence-electron chi connectivity index (χ0n) is 14.0. The van der Waals surface area contributed by atoms with Gasteiger partial charge in [0, 0.05) is 11.6 Å². The molecule has 3 rings (SSSR count). The second-order valence-corrected chi connectivity index (χ2v) is 8.37. The van der Waals surface area contributed by atoms with Gasteiger partial charge in [0.15, 0.2) is 0 Å². The highest BCUT2D eigenvalue weighted by molar-refractivity contribution is 7.90. The van der Waals surface area contributed by atoms with E-state index in [1.165, 1.54) is 42.7 Å². The van der Waals surface area contributed by atoms with Crippen molar-refractivity contribution in [2.24, 2.45) is 4.40 Å². The number of esters is 1. The van der Waals surface area contributed by atoms with Gasteiger partial charge in [0.25, 0.3) is 10.0 Å². The van der Waals surface area contributed by atoms with E-state index in [1.54, 1.807) is 22.8 Å². The van der Waals surface area contributed by atoms with Crippen LogP contribution in [0.1, 0.15) is 17.3 Å². The van der Waals surface area contributed by atoms with Crippen molar-refractivity contribution in [2.45, 2.75) is 18.4 Å². The zero-order chi connectivity index (χ0) is 18.9. The molecule has 0 aliphatic rings. The first-order valence-corrected chi connectivity index (χ1v) is 10.3. The van der Waals surface area contributed by atoms with Crippen molar-refractivity contribution < 1.29 is 17.9 Å². The van der Waals surface area contributed by atoms with Gasteiger partial charge in [-0.3, -0.25) is 0 Å². The van der Waals surface area contributed by atoms with Crippen molar-refractivity contribution in [1.29, 1.82) is 0 Å². The molecule has 136 valence electrons. The summed E-state index contributed by atoms with van der Waals surface area (Å²) in [6.45, 7) is 2.43. The van der Waals surface area contributed by atoms with Crippen LogP contribution >= 0.6 is 22.9 Å². The lowest BCUT2D eigenvalue weighted by Crippen LogP contribution is -2.16. The number of carbonyl (C=O) groups is 1. The van der Waals surface area contributed by atoms with Crippen LogP contribution in [0.15, 0.2) is 51.8 Å². The number of aromatic nitrogens is 1. The van der Waals surface area contributed by atoms with Crippen molar-refractivity contribution in [2.75, 3.05) is 7.11 Å². The Balaban J connectivity index is 2.18. The van der Waals surface area contributed by atoms with Crippen LogP contribution in [0.3, 0.4) is 0 Å².